The Bertz CT molecular complexity index is 437. The lowest BCUT2D eigenvalue weighted by atomic mass is 9.94. The molecule has 4 nitrogen and oxygen atoms in total. The van der Waals surface area contributed by atoms with Crippen molar-refractivity contribution < 1.29 is 4.92 Å². The Hall–Kier alpha value is -1.13. The SMILES string of the molecule is NC1CCCC1Cc1cc(Cl)ccc1[N+](=O)[O-]. The molecule has 0 spiro atoms. The third-order valence-corrected chi connectivity index (χ3v) is 3.67. The van der Waals surface area contributed by atoms with Crippen LogP contribution in [0.15, 0.2) is 18.2 Å². The van der Waals surface area contributed by atoms with E-state index in [0.29, 0.717) is 22.9 Å². The highest BCUT2D eigenvalue weighted by Crippen LogP contribution is 2.31. The van der Waals surface area contributed by atoms with Gasteiger partial charge >= 0.3 is 0 Å². The molecule has 92 valence electrons. The highest BCUT2D eigenvalue weighted by Gasteiger charge is 2.26. The van der Waals surface area contributed by atoms with Crippen LogP contribution in [0.25, 0.3) is 0 Å². The molecule has 1 aliphatic carbocycles. The first-order valence-electron chi connectivity index (χ1n) is 5.76. The van der Waals surface area contributed by atoms with Crippen LogP contribution in [-0.4, -0.2) is 11.0 Å². The second-order valence-corrected chi connectivity index (χ2v) is 5.03. The zero-order valence-electron chi connectivity index (χ0n) is 9.43. The zero-order valence-corrected chi connectivity index (χ0v) is 10.2. The molecule has 0 saturated heterocycles. The van der Waals surface area contributed by atoms with Crippen LogP contribution >= 0.6 is 11.6 Å². The van der Waals surface area contributed by atoms with Gasteiger partial charge in [-0.15, -0.1) is 0 Å². The minimum absolute atomic E-state index is 0.147. The maximum Gasteiger partial charge on any atom is 0.272 e. The summed E-state index contributed by atoms with van der Waals surface area (Å²) in [4.78, 5) is 10.6. The summed E-state index contributed by atoms with van der Waals surface area (Å²) >= 11 is 5.89. The molecule has 0 amide bonds. The molecule has 1 fully saturated rings. The quantitative estimate of drug-likeness (QED) is 0.666. The Labute approximate surface area is 105 Å². The first-order valence-corrected chi connectivity index (χ1v) is 6.14. The van der Waals surface area contributed by atoms with Crippen LogP contribution in [0.3, 0.4) is 0 Å². The molecule has 1 aromatic rings. The number of nitro benzene ring substituents is 1. The molecule has 1 aliphatic rings. The molecule has 1 aromatic carbocycles. The Kier molecular flexibility index (Phi) is 3.64. The minimum atomic E-state index is -0.355. The average molecular weight is 255 g/mol. The van der Waals surface area contributed by atoms with Crippen LogP contribution in [-0.2, 0) is 6.42 Å². The average Bonchev–Trinajstić information content (AvgIpc) is 2.64. The minimum Gasteiger partial charge on any atom is -0.327 e. The Morgan fingerprint density at radius 2 is 2.24 bits per heavy atom. The summed E-state index contributed by atoms with van der Waals surface area (Å²) in [6.45, 7) is 0. The highest BCUT2D eigenvalue weighted by atomic mass is 35.5. The van der Waals surface area contributed by atoms with Crippen LogP contribution < -0.4 is 5.73 Å². The predicted molar refractivity (Wildman–Crippen MR) is 67.1 cm³/mol. The van der Waals surface area contributed by atoms with Crippen molar-refractivity contribution in [1.29, 1.82) is 0 Å². The van der Waals surface area contributed by atoms with E-state index in [1.807, 2.05) is 0 Å². The third-order valence-electron chi connectivity index (χ3n) is 3.44. The van der Waals surface area contributed by atoms with E-state index in [-0.39, 0.29) is 16.7 Å². The van der Waals surface area contributed by atoms with E-state index < -0.39 is 0 Å². The molecule has 0 heterocycles. The number of nitro groups is 1. The molecule has 0 aliphatic heterocycles. The Morgan fingerprint density at radius 3 is 2.82 bits per heavy atom. The molecule has 2 rings (SSSR count). The van der Waals surface area contributed by atoms with Crippen LogP contribution in [0.4, 0.5) is 5.69 Å². The van der Waals surface area contributed by atoms with Crippen molar-refractivity contribution in [2.24, 2.45) is 11.7 Å². The van der Waals surface area contributed by atoms with Gasteiger partial charge in [0.25, 0.3) is 5.69 Å². The van der Waals surface area contributed by atoms with Gasteiger partial charge in [0.2, 0.25) is 0 Å². The van der Waals surface area contributed by atoms with Crippen molar-refractivity contribution in [3.05, 3.63) is 38.9 Å². The second kappa shape index (κ2) is 5.02. The van der Waals surface area contributed by atoms with Gasteiger partial charge in [-0.25, -0.2) is 0 Å². The summed E-state index contributed by atoms with van der Waals surface area (Å²) < 4.78 is 0. The number of nitrogens with zero attached hydrogens (tertiary/aromatic N) is 1. The molecule has 0 aromatic heterocycles. The van der Waals surface area contributed by atoms with Crippen molar-refractivity contribution in [2.45, 2.75) is 31.7 Å². The summed E-state index contributed by atoms with van der Waals surface area (Å²) in [5.74, 6) is 0.340. The molecule has 2 unspecified atom stereocenters. The largest absolute Gasteiger partial charge is 0.327 e. The molecule has 2 N–H and O–H groups in total. The van der Waals surface area contributed by atoms with Gasteiger partial charge in [0, 0.05) is 22.7 Å². The lowest BCUT2D eigenvalue weighted by Gasteiger charge is -2.15. The summed E-state index contributed by atoms with van der Waals surface area (Å²) in [6.07, 6.45) is 3.82. The number of halogens is 1. The predicted octanol–water partition coefficient (Wildman–Crippen LogP) is 2.92. The number of nitrogens with two attached hydrogens (primary N) is 1. The van der Waals surface area contributed by atoms with Gasteiger partial charge < -0.3 is 5.73 Å². The smallest absolute Gasteiger partial charge is 0.272 e. The van der Waals surface area contributed by atoms with Gasteiger partial charge in [-0.05, 0) is 37.3 Å². The molecular formula is C12H15ClN2O2. The summed E-state index contributed by atoms with van der Waals surface area (Å²) in [7, 11) is 0. The van der Waals surface area contributed by atoms with E-state index >= 15 is 0 Å². The Morgan fingerprint density at radius 1 is 1.47 bits per heavy atom. The van der Waals surface area contributed by atoms with Gasteiger partial charge in [0.1, 0.15) is 0 Å². The topological polar surface area (TPSA) is 69.2 Å². The van der Waals surface area contributed by atoms with E-state index in [4.69, 9.17) is 17.3 Å². The molecule has 2 atom stereocenters. The fourth-order valence-corrected chi connectivity index (χ4v) is 2.69. The summed E-state index contributed by atoms with van der Waals surface area (Å²) in [5.41, 5.74) is 6.83. The monoisotopic (exact) mass is 254 g/mol. The fraction of sp³-hybridized carbons (Fsp3) is 0.500. The van der Waals surface area contributed by atoms with E-state index in [9.17, 15) is 10.1 Å². The van der Waals surface area contributed by atoms with Crippen LogP contribution in [0.1, 0.15) is 24.8 Å². The van der Waals surface area contributed by atoms with Gasteiger partial charge in [-0.3, -0.25) is 10.1 Å². The standard InChI is InChI=1S/C12H15ClN2O2/c13-10-4-5-12(15(16)17)9(7-10)6-8-2-1-3-11(8)14/h4-5,7-8,11H,1-3,6,14H2. The van der Waals surface area contributed by atoms with Crippen molar-refractivity contribution in [3.63, 3.8) is 0 Å². The first kappa shape index (κ1) is 12.3. The van der Waals surface area contributed by atoms with Crippen molar-refractivity contribution in [1.82, 2.24) is 0 Å². The fourth-order valence-electron chi connectivity index (χ4n) is 2.50. The van der Waals surface area contributed by atoms with E-state index in [0.717, 1.165) is 19.3 Å². The van der Waals surface area contributed by atoms with Crippen molar-refractivity contribution in [3.8, 4) is 0 Å². The van der Waals surface area contributed by atoms with E-state index in [1.54, 1.807) is 12.1 Å². The molecule has 0 bridgehead atoms. The van der Waals surface area contributed by atoms with Crippen LogP contribution in [0.2, 0.25) is 5.02 Å². The maximum absolute atomic E-state index is 10.9. The van der Waals surface area contributed by atoms with Gasteiger partial charge in [-0.2, -0.15) is 0 Å². The van der Waals surface area contributed by atoms with Crippen molar-refractivity contribution in [2.75, 3.05) is 0 Å². The molecule has 0 radical (unpaired) electrons. The van der Waals surface area contributed by atoms with Crippen LogP contribution in [0.5, 0.6) is 0 Å². The van der Waals surface area contributed by atoms with E-state index in [1.165, 1.54) is 6.07 Å². The molecular weight excluding hydrogens is 240 g/mol. The van der Waals surface area contributed by atoms with Gasteiger partial charge in [-0.1, -0.05) is 18.0 Å². The lowest BCUT2D eigenvalue weighted by Crippen LogP contribution is -2.26. The Balaban J connectivity index is 2.24. The number of hydrogen-bond donors (Lipinski definition) is 1. The third kappa shape index (κ3) is 2.76. The molecule has 5 heteroatoms. The summed E-state index contributed by atoms with van der Waals surface area (Å²) in [5, 5.41) is 11.5. The van der Waals surface area contributed by atoms with Gasteiger partial charge in [0.05, 0.1) is 4.92 Å². The highest BCUT2D eigenvalue weighted by molar-refractivity contribution is 6.30. The maximum atomic E-state index is 10.9. The zero-order chi connectivity index (χ0) is 12.4. The molecule has 17 heavy (non-hydrogen) atoms. The van der Waals surface area contributed by atoms with Crippen molar-refractivity contribution >= 4 is 17.3 Å². The number of rotatable bonds is 3. The second-order valence-electron chi connectivity index (χ2n) is 4.59. The van der Waals surface area contributed by atoms with Gasteiger partial charge in [0.15, 0.2) is 0 Å². The lowest BCUT2D eigenvalue weighted by molar-refractivity contribution is -0.385. The number of hydrogen-bond acceptors (Lipinski definition) is 3. The van der Waals surface area contributed by atoms with Crippen LogP contribution in [0, 0.1) is 16.0 Å². The summed E-state index contributed by atoms with van der Waals surface area (Å²) in [6, 6.07) is 4.87. The number of benzene rings is 1. The normalized spacial score (nSPS) is 23.9. The molecule has 1 saturated carbocycles. The first-order chi connectivity index (χ1) is 8.08. The van der Waals surface area contributed by atoms with E-state index in [2.05, 4.69) is 0 Å².